The summed E-state index contributed by atoms with van der Waals surface area (Å²) in [6.45, 7) is 9.59. The first-order chi connectivity index (χ1) is 13.7. The summed E-state index contributed by atoms with van der Waals surface area (Å²) in [6.07, 6.45) is 1.89. The topological polar surface area (TPSA) is 61.8 Å². The molecule has 0 bridgehead atoms. The van der Waals surface area contributed by atoms with Crippen LogP contribution in [0.15, 0.2) is 35.5 Å². The summed E-state index contributed by atoms with van der Waals surface area (Å²) in [7, 11) is 0. The Morgan fingerprint density at radius 3 is 2.79 bits per heavy atom. The fourth-order valence-electron chi connectivity index (χ4n) is 3.22. The number of ether oxygens (including phenoxy) is 1. The van der Waals surface area contributed by atoms with Crippen molar-refractivity contribution in [1.29, 1.82) is 0 Å². The van der Waals surface area contributed by atoms with E-state index >= 15 is 0 Å². The number of aliphatic imine (C=N–C) groups is 1. The number of nitrogens with one attached hydrogen (secondary N) is 2. The van der Waals surface area contributed by atoms with E-state index in [0.29, 0.717) is 6.54 Å². The molecule has 1 atom stereocenters. The van der Waals surface area contributed by atoms with Gasteiger partial charge in [-0.1, -0.05) is 23.7 Å². The molecule has 1 saturated heterocycles. The van der Waals surface area contributed by atoms with Crippen molar-refractivity contribution < 1.29 is 4.74 Å². The minimum Gasteiger partial charge on any atom is -0.379 e. The van der Waals surface area contributed by atoms with Gasteiger partial charge in [-0.2, -0.15) is 0 Å². The highest BCUT2D eigenvalue weighted by molar-refractivity contribution is 14.0. The molecule has 9 heteroatoms. The van der Waals surface area contributed by atoms with Crippen molar-refractivity contribution in [3.63, 3.8) is 0 Å². The van der Waals surface area contributed by atoms with Crippen molar-refractivity contribution in [2.75, 3.05) is 39.4 Å². The van der Waals surface area contributed by atoms with Gasteiger partial charge >= 0.3 is 0 Å². The Bertz CT molecular complexity index is 782. The van der Waals surface area contributed by atoms with Crippen LogP contribution in [0.1, 0.15) is 28.4 Å². The van der Waals surface area contributed by atoms with Crippen LogP contribution in [0, 0.1) is 6.92 Å². The van der Waals surface area contributed by atoms with Gasteiger partial charge in [0.1, 0.15) is 5.01 Å². The van der Waals surface area contributed by atoms with Crippen LogP contribution in [0.3, 0.4) is 0 Å². The average Bonchev–Trinajstić information content (AvgIpc) is 3.12. The van der Waals surface area contributed by atoms with Gasteiger partial charge in [0, 0.05) is 42.3 Å². The first kappa shape index (κ1) is 24.3. The Balaban J connectivity index is 0.00000300. The standard InChI is InChI=1S/C20H28ClN5OS.HI/c1-3-22-20(25-14-19-23-12-15(2)28-19)24-13-18(26-7-9-27-10-8-26)16-5-4-6-17(21)11-16;/h4-6,11-12,18H,3,7-10,13-14H2,1-2H3,(H2,22,24,25);1H. The summed E-state index contributed by atoms with van der Waals surface area (Å²) in [5.41, 5.74) is 1.20. The third-order valence-electron chi connectivity index (χ3n) is 4.57. The van der Waals surface area contributed by atoms with Gasteiger partial charge < -0.3 is 15.4 Å². The molecular weight excluding hydrogens is 521 g/mol. The predicted molar refractivity (Wildman–Crippen MR) is 132 cm³/mol. The van der Waals surface area contributed by atoms with E-state index in [1.165, 1.54) is 10.4 Å². The van der Waals surface area contributed by atoms with E-state index in [9.17, 15) is 0 Å². The van der Waals surface area contributed by atoms with Gasteiger partial charge in [-0.25, -0.2) is 9.98 Å². The Hall–Kier alpha value is -0.940. The number of halogens is 2. The van der Waals surface area contributed by atoms with Crippen LogP contribution in [0.5, 0.6) is 0 Å². The van der Waals surface area contributed by atoms with E-state index in [0.717, 1.165) is 55.4 Å². The molecule has 2 heterocycles. The lowest BCUT2D eigenvalue weighted by Crippen LogP contribution is -2.46. The van der Waals surface area contributed by atoms with E-state index in [-0.39, 0.29) is 30.0 Å². The van der Waals surface area contributed by atoms with Crippen molar-refractivity contribution in [1.82, 2.24) is 20.5 Å². The highest BCUT2D eigenvalue weighted by Gasteiger charge is 2.23. The normalized spacial score (nSPS) is 16.2. The molecule has 2 N–H and O–H groups in total. The number of morpholine rings is 1. The lowest BCUT2D eigenvalue weighted by molar-refractivity contribution is 0.0170. The van der Waals surface area contributed by atoms with Gasteiger partial charge in [-0.05, 0) is 31.5 Å². The van der Waals surface area contributed by atoms with Crippen LogP contribution >= 0.6 is 46.9 Å². The van der Waals surface area contributed by atoms with Crippen molar-refractivity contribution in [3.05, 3.63) is 50.9 Å². The van der Waals surface area contributed by atoms with Crippen LogP contribution in [0.2, 0.25) is 5.02 Å². The van der Waals surface area contributed by atoms with Crippen molar-refractivity contribution in [2.24, 2.45) is 4.99 Å². The number of guanidine groups is 1. The fourth-order valence-corrected chi connectivity index (χ4v) is 4.13. The molecule has 29 heavy (non-hydrogen) atoms. The highest BCUT2D eigenvalue weighted by Crippen LogP contribution is 2.24. The summed E-state index contributed by atoms with van der Waals surface area (Å²) in [6, 6.07) is 8.31. The molecule has 1 fully saturated rings. The quantitative estimate of drug-likeness (QED) is 0.312. The van der Waals surface area contributed by atoms with Gasteiger partial charge in [-0.15, -0.1) is 35.3 Å². The van der Waals surface area contributed by atoms with Crippen LogP contribution in [0.25, 0.3) is 0 Å². The summed E-state index contributed by atoms with van der Waals surface area (Å²) in [5, 5.41) is 8.61. The second-order valence-electron chi connectivity index (χ2n) is 6.66. The summed E-state index contributed by atoms with van der Waals surface area (Å²) < 4.78 is 5.53. The van der Waals surface area contributed by atoms with Gasteiger partial charge in [0.15, 0.2) is 5.96 Å². The number of nitrogens with zero attached hydrogens (tertiary/aromatic N) is 3. The van der Waals surface area contributed by atoms with E-state index in [2.05, 4.69) is 40.4 Å². The third kappa shape index (κ3) is 7.67. The van der Waals surface area contributed by atoms with E-state index < -0.39 is 0 Å². The zero-order valence-corrected chi connectivity index (χ0v) is 20.8. The monoisotopic (exact) mass is 549 g/mol. The van der Waals surface area contributed by atoms with Crippen LogP contribution in [0.4, 0.5) is 0 Å². The molecule has 160 valence electrons. The molecule has 3 rings (SSSR count). The van der Waals surface area contributed by atoms with Gasteiger partial charge in [0.2, 0.25) is 0 Å². The summed E-state index contributed by atoms with van der Waals surface area (Å²) in [5.74, 6) is 0.802. The molecule has 0 amide bonds. The number of hydrogen-bond acceptors (Lipinski definition) is 5. The number of hydrogen-bond donors (Lipinski definition) is 2. The second-order valence-corrected chi connectivity index (χ2v) is 8.42. The summed E-state index contributed by atoms with van der Waals surface area (Å²) in [4.78, 5) is 12.7. The van der Waals surface area contributed by atoms with Crippen LogP contribution < -0.4 is 10.6 Å². The third-order valence-corrected chi connectivity index (χ3v) is 5.70. The maximum absolute atomic E-state index is 6.25. The Morgan fingerprint density at radius 1 is 1.34 bits per heavy atom. The first-order valence-corrected chi connectivity index (χ1v) is 10.9. The van der Waals surface area contributed by atoms with E-state index in [1.807, 2.05) is 24.4 Å². The molecule has 0 radical (unpaired) electrons. The van der Waals surface area contributed by atoms with Crippen molar-refractivity contribution in [3.8, 4) is 0 Å². The van der Waals surface area contributed by atoms with Crippen LogP contribution in [-0.4, -0.2) is 55.2 Å². The number of thiazole rings is 1. The predicted octanol–water partition coefficient (Wildman–Crippen LogP) is 3.85. The number of benzene rings is 1. The molecule has 1 aliphatic heterocycles. The SMILES string of the molecule is CCNC(=NCc1ncc(C)s1)NCC(c1cccc(Cl)c1)N1CCOCC1.I. The molecule has 1 unspecified atom stereocenters. The van der Waals surface area contributed by atoms with Gasteiger partial charge in [0.25, 0.3) is 0 Å². The highest BCUT2D eigenvalue weighted by atomic mass is 127. The molecule has 0 spiro atoms. The molecule has 1 aromatic carbocycles. The largest absolute Gasteiger partial charge is 0.379 e. The number of rotatable bonds is 7. The van der Waals surface area contributed by atoms with Gasteiger partial charge in [0.05, 0.1) is 25.8 Å². The van der Waals surface area contributed by atoms with E-state index in [4.69, 9.17) is 21.3 Å². The smallest absolute Gasteiger partial charge is 0.191 e. The lowest BCUT2D eigenvalue weighted by Gasteiger charge is -2.35. The van der Waals surface area contributed by atoms with Crippen molar-refractivity contribution >= 4 is 52.9 Å². The molecule has 1 aromatic heterocycles. The molecule has 0 aliphatic carbocycles. The second kappa shape index (κ2) is 12.7. The van der Waals surface area contributed by atoms with Gasteiger partial charge in [-0.3, -0.25) is 4.90 Å². The maximum atomic E-state index is 6.25. The summed E-state index contributed by atoms with van der Waals surface area (Å²) >= 11 is 7.94. The molecule has 0 saturated carbocycles. The Labute approximate surface area is 199 Å². The zero-order chi connectivity index (χ0) is 19.8. The minimum absolute atomic E-state index is 0. The average molecular weight is 550 g/mol. The number of aryl methyl sites for hydroxylation is 1. The minimum atomic E-state index is 0. The molecular formula is C20H29ClIN5OS. The zero-order valence-electron chi connectivity index (χ0n) is 16.9. The van der Waals surface area contributed by atoms with E-state index in [1.54, 1.807) is 11.3 Å². The maximum Gasteiger partial charge on any atom is 0.191 e. The molecule has 1 aliphatic rings. The molecule has 2 aromatic rings. The lowest BCUT2D eigenvalue weighted by atomic mass is 10.0. The molecule has 6 nitrogen and oxygen atoms in total. The first-order valence-electron chi connectivity index (χ1n) is 9.66. The van der Waals surface area contributed by atoms with Crippen molar-refractivity contribution in [2.45, 2.75) is 26.4 Å². The number of aromatic nitrogens is 1. The fraction of sp³-hybridized carbons (Fsp3) is 0.500. The Morgan fingerprint density at radius 2 is 2.14 bits per heavy atom. The Kier molecular flexibility index (Phi) is 10.6. The van der Waals surface area contributed by atoms with Crippen LogP contribution in [-0.2, 0) is 11.3 Å².